The number of alkyl halides is 6. The van der Waals surface area contributed by atoms with Crippen LogP contribution in [0.1, 0.15) is 29.2 Å². The fourth-order valence-electron chi connectivity index (χ4n) is 5.18. The highest BCUT2D eigenvalue weighted by molar-refractivity contribution is 5.76. The summed E-state index contributed by atoms with van der Waals surface area (Å²) in [6.07, 6.45) is -8.45. The highest BCUT2D eigenvalue weighted by Gasteiger charge is 2.71. The maximum atomic E-state index is 13.2. The second-order valence-electron chi connectivity index (χ2n) is 10.3. The predicted octanol–water partition coefficient (Wildman–Crippen LogP) is 5.62. The molecule has 6 nitrogen and oxygen atoms in total. The number of esters is 1. The van der Waals surface area contributed by atoms with Crippen LogP contribution in [0.4, 0.5) is 26.3 Å². The number of carbonyl (C=O) groups is 1. The Morgan fingerprint density at radius 3 is 2.14 bits per heavy atom. The molecule has 1 N–H and O–H groups in total. The number of pyridine rings is 1. The number of hydrogen-bond acceptors (Lipinski definition) is 6. The van der Waals surface area contributed by atoms with Crippen molar-refractivity contribution in [2.45, 2.75) is 50.9 Å². The van der Waals surface area contributed by atoms with E-state index in [9.17, 15) is 36.2 Å². The van der Waals surface area contributed by atoms with Crippen molar-refractivity contribution < 1.29 is 41.0 Å². The number of piperazine rings is 1. The molecule has 3 aromatic rings. The van der Waals surface area contributed by atoms with E-state index in [0.717, 1.165) is 35.4 Å². The van der Waals surface area contributed by atoms with Crippen LogP contribution >= 0.6 is 0 Å². The summed E-state index contributed by atoms with van der Waals surface area (Å²) in [5.41, 5.74) is -2.58. The summed E-state index contributed by atoms with van der Waals surface area (Å²) < 4.78 is 84.8. The van der Waals surface area contributed by atoms with Gasteiger partial charge in [-0.25, -0.2) is 0 Å². The average molecular weight is 596 g/mol. The van der Waals surface area contributed by atoms with Gasteiger partial charge in [-0.05, 0) is 53.8 Å². The number of ether oxygens (including phenoxy) is 1. The minimum Gasteiger partial charge on any atom is -0.465 e. The molecule has 2 aromatic carbocycles. The van der Waals surface area contributed by atoms with Crippen molar-refractivity contribution in [2.75, 3.05) is 26.2 Å². The smallest absolute Gasteiger partial charge is 0.430 e. The van der Waals surface area contributed by atoms with Crippen molar-refractivity contribution >= 4 is 5.97 Å². The second-order valence-corrected chi connectivity index (χ2v) is 10.3. The van der Waals surface area contributed by atoms with Crippen LogP contribution in [0.3, 0.4) is 0 Å². The summed E-state index contributed by atoms with van der Waals surface area (Å²) in [6.45, 7) is 6.71. The van der Waals surface area contributed by atoms with Gasteiger partial charge in [-0.2, -0.15) is 26.3 Å². The Morgan fingerprint density at radius 1 is 0.929 bits per heavy atom. The van der Waals surface area contributed by atoms with Gasteiger partial charge in [-0.15, -0.1) is 0 Å². The highest BCUT2D eigenvalue weighted by Crippen LogP contribution is 2.50. The first-order valence-electron chi connectivity index (χ1n) is 13.3. The molecule has 4 rings (SSSR count). The third-order valence-corrected chi connectivity index (χ3v) is 7.40. The third-order valence-electron chi connectivity index (χ3n) is 7.40. The fourth-order valence-corrected chi connectivity index (χ4v) is 5.18. The van der Waals surface area contributed by atoms with E-state index in [4.69, 9.17) is 4.74 Å². The summed E-state index contributed by atoms with van der Waals surface area (Å²) in [4.78, 5) is 21.1. The zero-order valence-electron chi connectivity index (χ0n) is 23.0. The molecular formula is C30H31F6N3O3. The van der Waals surface area contributed by atoms with E-state index in [1.54, 1.807) is 32.3 Å². The van der Waals surface area contributed by atoms with Gasteiger partial charge in [-0.1, -0.05) is 42.5 Å². The molecule has 1 aliphatic heterocycles. The summed E-state index contributed by atoms with van der Waals surface area (Å²) >= 11 is 0. The minimum atomic E-state index is -5.95. The van der Waals surface area contributed by atoms with Crippen molar-refractivity contribution in [1.29, 1.82) is 0 Å². The number of benzene rings is 2. The maximum Gasteiger partial charge on any atom is 0.430 e. The first-order chi connectivity index (χ1) is 19.7. The Labute approximate surface area is 239 Å². The number of aryl methyl sites for hydroxylation is 1. The van der Waals surface area contributed by atoms with Crippen molar-refractivity contribution in [3.05, 3.63) is 89.2 Å². The first kappa shape index (κ1) is 31.5. The molecule has 1 aliphatic rings. The number of aromatic nitrogens is 1. The van der Waals surface area contributed by atoms with E-state index in [2.05, 4.69) is 9.88 Å². The monoisotopic (exact) mass is 595 g/mol. The molecular weight excluding hydrogens is 564 g/mol. The summed E-state index contributed by atoms with van der Waals surface area (Å²) in [5, 5.41) is 9.66. The predicted molar refractivity (Wildman–Crippen MR) is 143 cm³/mol. The van der Waals surface area contributed by atoms with E-state index < -0.39 is 29.6 Å². The van der Waals surface area contributed by atoms with Crippen molar-refractivity contribution in [2.24, 2.45) is 0 Å². The Morgan fingerprint density at radius 2 is 1.57 bits per heavy atom. The van der Waals surface area contributed by atoms with Crippen LogP contribution in [0.15, 0.2) is 67.0 Å². The SMILES string of the molecule is CCOC(=O)[C@@H]1CN(Cc2ccncc2)CCN1Cc1ccc(-c2ccc(C(O)(C(F)(F)F)C(F)(F)F)cc2)c(C)c1. The van der Waals surface area contributed by atoms with Gasteiger partial charge >= 0.3 is 18.3 Å². The van der Waals surface area contributed by atoms with Crippen LogP contribution in [0.2, 0.25) is 0 Å². The molecule has 0 spiro atoms. The lowest BCUT2D eigenvalue weighted by molar-refractivity contribution is -0.376. The standard InChI is InChI=1S/C30H31F6N3O3/c1-3-42-27(40)26-19-38(17-21-10-12-37-13-11-21)14-15-39(26)18-22-4-9-25(20(2)16-22)23-5-7-24(8-6-23)28(41,29(31,32)33)30(34,35)36/h4-13,16,26,41H,3,14-15,17-19H2,1-2H3/t26-/m0/s1. The quantitative estimate of drug-likeness (QED) is 0.270. The molecule has 1 saturated heterocycles. The lowest BCUT2D eigenvalue weighted by Crippen LogP contribution is -2.56. The highest BCUT2D eigenvalue weighted by atomic mass is 19.4. The van der Waals surface area contributed by atoms with E-state index in [-0.39, 0.29) is 12.6 Å². The van der Waals surface area contributed by atoms with Crippen LogP contribution in [0, 0.1) is 6.92 Å². The maximum absolute atomic E-state index is 13.2. The van der Waals surface area contributed by atoms with E-state index in [0.29, 0.717) is 49.4 Å². The molecule has 0 unspecified atom stereocenters. The number of nitrogens with zero attached hydrogens (tertiary/aromatic N) is 3. The van der Waals surface area contributed by atoms with E-state index in [1.165, 1.54) is 0 Å². The van der Waals surface area contributed by atoms with Crippen LogP contribution in [0.5, 0.6) is 0 Å². The number of carbonyl (C=O) groups excluding carboxylic acids is 1. The van der Waals surface area contributed by atoms with Gasteiger partial charge in [0.25, 0.3) is 5.60 Å². The molecule has 1 aromatic heterocycles. The summed E-state index contributed by atoms with van der Waals surface area (Å²) in [6, 6.07) is 12.3. The minimum absolute atomic E-state index is 0.253. The van der Waals surface area contributed by atoms with Crippen LogP contribution in [0.25, 0.3) is 11.1 Å². The van der Waals surface area contributed by atoms with Crippen molar-refractivity contribution in [1.82, 2.24) is 14.8 Å². The molecule has 0 amide bonds. The Balaban J connectivity index is 1.51. The molecule has 0 bridgehead atoms. The number of rotatable bonds is 8. The molecule has 1 atom stereocenters. The van der Waals surface area contributed by atoms with Gasteiger partial charge in [0.2, 0.25) is 0 Å². The van der Waals surface area contributed by atoms with Crippen LogP contribution < -0.4 is 0 Å². The normalized spacial score (nSPS) is 17.3. The fraction of sp³-hybridized carbons (Fsp3) is 0.400. The summed E-state index contributed by atoms with van der Waals surface area (Å²) in [7, 11) is 0. The summed E-state index contributed by atoms with van der Waals surface area (Å²) in [5.74, 6) is -0.317. The zero-order chi connectivity index (χ0) is 30.7. The van der Waals surface area contributed by atoms with Crippen molar-refractivity contribution in [3.8, 4) is 11.1 Å². The van der Waals surface area contributed by atoms with E-state index >= 15 is 0 Å². The third kappa shape index (κ3) is 6.61. The Bertz CT molecular complexity index is 1350. The molecule has 226 valence electrons. The van der Waals surface area contributed by atoms with E-state index in [1.807, 2.05) is 29.2 Å². The number of hydrogen-bond donors (Lipinski definition) is 1. The van der Waals surface area contributed by atoms with Gasteiger partial charge in [0.15, 0.2) is 0 Å². The van der Waals surface area contributed by atoms with Crippen LogP contribution in [-0.2, 0) is 28.2 Å². The van der Waals surface area contributed by atoms with Gasteiger partial charge in [-0.3, -0.25) is 19.6 Å². The largest absolute Gasteiger partial charge is 0.465 e. The number of halogens is 6. The van der Waals surface area contributed by atoms with Gasteiger partial charge in [0.1, 0.15) is 6.04 Å². The average Bonchev–Trinajstić information content (AvgIpc) is 2.93. The molecule has 2 heterocycles. The lowest BCUT2D eigenvalue weighted by atomic mass is 9.90. The number of aliphatic hydroxyl groups is 1. The molecule has 0 saturated carbocycles. The Hall–Kier alpha value is -3.48. The lowest BCUT2D eigenvalue weighted by Gasteiger charge is -2.40. The molecule has 42 heavy (non-hydrogen) atoms. The second kappa shape index (κ2) is 12.4. The molecule has 12 heteroatoms. The van der Waals surface area contributed by atoms with Crippen molar-refractivity contribution in [3.63, 3.8) is 0 Å². The van der Waals surface area contributed by atoms with Gasteiger partial charge in [0, 0.05) is 50.7 Å². The molecule has 0 radical (unpaired) electrons. The van der Waals surface area contributed by atoms with Gasteiger partial charge in [0.05, 0.1) is 6.61 Å². The first-order valence-corrected chi connectivity index (χ1v) is 13.3. The topological polar surface area (TPSA) is 65.9 Å². The Kier molecular flexibility index (Phi) is 9.29. The zero-order valence-corrected chi connectivity index (χ0v) is 23.0. The molecule has 1 fully saturated rings. The van der Waals surface area contributed by atoms with Crippen LogP contribution in [-0.4, -0.2) is 70.5 Å². The molecule has 0 aliphatic carbocycles. The van der Waals surface area contributed by atoms with Gasteiger partial charge < -0.3 is 9.84 Å².